The summed E-state index contributed by atoms with van der Waals surface area (Å²) in [5.41, 5.74) is 2.13. The minimum Gasteiger partial charge on any atom is -0.392 e. The molecule has 2 rings (SSSR count). The van der Waals surface area contributed by atoms with Gasteiger partial charge >= 0.3 is 0 Å². The number of nitrogens with one attached hydrogen (secondary N) is 1. The molecule has 1 aromatic carbocycles. The maximum absolute atomic E-state index is 9.36. The second-order valence-corrected chi connectivity index (χ2v) is 5.16. The normalized spacial score (nSPS) is 13.2. The first-order chi connectivity index (χ1) is 8.58. The maximum atomic E-state index is 9.36. The van der Waals surface area contributed by atoms with Crippen LogP contribution in [0.25, 0.3) is 11.0 Å². The predicted molar refractivity (Wildman–Crippen MR) is 74.7 cm³/mol. The second kappa shape index (κ2) is 5.40. The average molecular weight is 247 g/mol. The number of rotatable bonds is 5. The molecule has 4 nitrogen and oxygen atoms in total. The van der Waals surface area contributed by atoms with Crippen molar-refractivity contribution in [2.45, 2.75) is 33.4 Å². The van der Waals surface area contributed by atoms with Crippen LogP contribution in [0.4, 0.5) is 5.95 Å². The number of anilines is 1. The van der Waals surface area contributed by atoms with E-state index in [9.17, 15) is 5.11 Å². The summed E-state index contributed by atoms with van der Waals surface area (Å²) in [5.74, 6) is 1.39. The summed E-state index contributed by atoms with van der Waals surface area (Å²) in [5, 5.41) is 12.6. The molecule has 1 atom stereocenters. The SMILES string of the molecule is CC(C)Cn1c(NCC(C)O)nc2ccccc21. The molecule has 0 bridgehead atoms. The van der Waals surface area contributed by atoms with E-state index >= 15 is 0 Å². The number of para-hydroxylation sites is 2. The lowest BCUT2D eigenvalue weighted by atomic mass is 10.2. The molecule has 0 saturated heterocycles. The van der Waals surface area contributed by atoms with E-state index < -0.39 is 0 Å². The van der Waals surface area contributed by atoms with Crippen molar-refractivity contribution < 1.29 is 5.11 Å². The molecule has 0 aliphatic heterocycles. The molecule has 1 aromatic heterocycles. The number of aromatic nitrogens is 2. The minimum absolute atomic E-state index is 0.377. The molecule has 4 heteroatoms. The molecule has 18 heavy (non-hydrogen) atoms. The summed E-state index contributed by atoms with van der Waals surface area (Å²) in [6.45, 7) is 7.58. The highest BCUT2D eigenvalue weighted by Gasteiger charge is 2.11. The third-order valence-corrected chi connectivity index (χ3v) is 2.76. The van der Waals surface area contributed by atoms with E-state index in [1.165, 1.54) is 0 Å². The zero-order chi connectivity index (χ0) is 13.1. The summed E-state index contributed by atoms with van der Waals surface area (Å²) >= 11 is 0. The molecular weight excluding hydrogens is 226 g/mol. The van der Waals surface area contributed by atoms with Gasteiger partial charge < -0.3 is 15.0 Å². The molecule has 0 aliphatic rings. The third kappa shape index (κ3) is 2.82. The van der Waals surface area contributed by atoms with E-state index in [4.69, 9.17) is 0 Å². The van der Waals surface area contributed by atoms with Crippen LogP contribution in [-0.2, 0) is 6.54 Å². The van der Waals surface area contributed by atoms with Crippen LogP contribution in [0.3, 0.4) is 0 Å². The van der Waals surface area contributed by atoms with Crippen LogP contribution in [0.5, 0.6) is 0 Å². The van der Waals surface area contributed by atoms with Crippen LogP contribution >= 0.6 is 0 Å². The first kappa shape index (κ1) is 12.9. The number of aliphatic hydroxyl groups is 1. The van der Waals surface area contributed by atoms with Gasteiger partial charge in [0.15, 0.2) is 0 Å². The van der Waals surface area contributed by atoms with Crippen LogP contribution in [-0.4, -0.2) is 27.3 Å². The van der Waals surface area contributed by atoms with Crippen molar-refractivity contribution in [2.24, 2.45) is 5.92 Å². The minimum atomic E-state index is -0.377. The first-order valence-electron chi connectivity index (χ1n) is 6.45. The van der Waals surface area contributed by atoms with Gasteiger partial charge in [-0.2, -0.15) is 0 Å². The number of aliphatic hydroxyl groups excluding tert-OH is 1. The van der Waals surface area contributed by atoms with Gasteiger partial charge in [0.2, 0.25) is 5.95 Å². The average Bonchev–Trinajstić information content (AvgIpc) is 2.64. The van der Waals surface area contributed by atoms with Gasteiger partial charge in [0.05, 0.1) is 17.1 Å². The highest BCUT2D eigenvalue weighted by atomic mass is 16.3. The van der Waals surface area contributed by atoms with Crippen molar-refractivity contribution in [2.75, 3.05) is 11.9 Å². The van der Waals surface area contributed by atoms with Crippen LogP contribution in [0.1, 0.15) is 20.8 Å². The van der Waals surface area contributed by atoms with E-state index in [1.807, 2.05) is 18.2 Å². The fraction of sp³-hybridized carbons (Fsp3) is 0.500. The number of fused-ring (bicyclic) bond motifs is 1. The lowest BCUT2D eigenvalue weighted by Crippen LogP contribution is -2.19. The highest BCUT2D eigenvalue weighted by molar-refractivity contribution is 5.78. The Kier molecular flexibility index (Phi) is 3.87. The number of imidazole rings is 1. The van der Waals surface area contributed by atoms with Crippen molar-refractivity contribution in [3.05, 3.63) is 24.3 Å². The monoisotopic (exact) mass is 247 g/mol. The summed E-state index contributed by atoms with van der Waals surface area (Å²) in [4.78, 5) is 4.58. The lowest BCUT2D eigenvalue weighted by molar-refractivity contribution is 0.208. The van der Waals surface area contributed by atoms with Crippen LogP contribution in [0, 0.1) is 5.92 Å². The van der Waals surface area contributed by atoms with Crippen molar-refractivity contribution >= 4 is 17.0 Å². The second-order valence-electron chi connectivity index (χ2n) is 5.16. The van der Waals surface area contributed by atoms with E-state index in [0.29, 0.717) is 12.5 Å². The van der Waals surface area contributed by atoms with Gasteiger partial charge in [0.1, 0.15) is 0 Å². The van der Waals surface area contributed by atoms with Crippen molar-refractivity contribution in [3.63, 3.8) is 0 Å². The predicted octanol–water partition coefficient (Wildman–Crippen LogP) is 2.49. The topological polar surface area (TPSA) is 50.1 Å². The van der Waals surface area contributed by atoms with Crippen molar-refractivity contribution in [1.82, 2.24) is 9.55 Å². The van der Waals surface area contributed by atoms with Crippen molar-refractivity contribution in [3.8, 4) is 0 Å². The quantitative estimate of drug-likeness (QED) is 0.853. The number of nitrogens with zero attached hydrogens (tertiary/aromatic N) is 2. The third-order valence-electron chi connectivity index (χ3n) is 2.76. The first-order valence-corrected chi connectivity index (χ1v) is 6.45. The molecule has 0 spiro atoms. The van der Waals surface area contributed by atoms with Gasteiger partial charge in [-0.1, -0.05) is 26.0 Å². The van der Waals surface area contributed by atoms with Gasteiger partial charge in [-0.25, -0.2) is 4.98 Å². The molecular formula is C14H21N3O. The van der Waals surface area contributed by atoms with Gasteiger partial charge in [0, 0.05) is 13.1 Å². The zero-order valence-electron chi connectivity index (χ0n) is 11.2. The van der Waals surface area contributed by atoms with Crippen molar-refractivity contribution in [1.29, 1.82) is 0 Å². The molecule has 0 amide bonds. The Hall–Kier alpha value is -1.55. The van der Waals surface area contributed by atoms with Crippen LogP contribution in [0.2, 0.25) is 0 Å². The van der Waals surface area contributed by atoms with Gasteiger partial charge in [-0.3, -0.25) is 0 Å². The Balaban J connectivity index is 2.36. The molecule has 2 aromatic rings. The molecule has 0 saturated carbocycles. The summed E-state index contributed by atoms with van der Waals surface area (Å²) < 4.78 is 2.18. The van der Waals surface area contributed by atoms with E-state index in [2.05, 4.69) is 34.8 Å². The molecule has 1 unspecified atom stereocenters. The van der Waals surface area contributed by atoms with Gasteiger partial charge in [-0.15, -0.1) is 0 Å². The summed E-state index contributed by atoms with van der Waals surface area (Å²) in [7, 11) is 0. The Morgan fingerprint density at radius 2 is 2.00 bits per heavy atom. The fourth-order valence-corrected chi connectivity index (χ4v) is 2.00. The van der Waals surface area contributed by atoms with Gasteiger partial charge in [-0.05, 0) is 25.0 Å². The Bertz CT molecular complexity index is 517. The summed E-state index contributed by atoms with van der Waals surface area (Å²) in [6.07, 6.45) is -0.377. The molecule has 0 fully saturated rings. The smallest absolute Gasteiger partial charge is 0.203 e. The Morgan fingerprint density at radius 1 is 1.28 bits per heavy atom. The molecule has 1 heterocycles. The van der Waals surface area contributed by atoms with Gasteiger partial charge in [0.25, 0.3) is 0 Å². The van der Waals surface area contributed by atoms with E-state index in [1.54, 1.807) is 6.92 Å². The Morgan fingerprint density at radius 3 is 2.67 bits per heavy atom. The standard InChI is InChI=1S/C14H21N3O/c1-10(2)9-17-13-7-5-4-6-12(13)16-14(17)15-8-11(3)18/h4-7,10-11,18H,8-9H2,1-3H3,(H,15,16). The van der Waals surface area contributed by atoms with E-state index in [-0.39, 0.29) is 6.10 Å². The summed E-state index contributed by atoms with van der Waals surface area (Å²) in [6, 6.07) is 8.12. The number of hydrogen-bond acceptors (Lipinski definition) is 3. The van der Waals surface area contributed by atoms with Crippen LogP contribution in [0.15, 0.2) is 24.3 Å². The number of hydrogen-bond donors (Lipinski definition) is 2. The Labute approximate surface area is 108 Å². The lowest BCUT2D eigenvalue weighted by Gasteiger charge is -2.13. The largest absolute Gasteiger partial charge is 0.392 e. The molecule has 2 N–H and O–H groups in total. The molecule has 98 valence electrons. The molecule has 0 radical (unpaired) electrons. The maximum Gasteiger partial charge on any atom is 0.203 e. The highest BCUT2D eigenvalue weighted by Crippen LogP contribution is 2.20. The molecule has 0 aliphatic carbocycles. The fourth-order valence-electron chi connectivity index (χ4n) is 2.00. The zero-order valence-corrected chi connectivity index (χ0v) is 11.2. The van der Waals surface area contributed by atoms with Crippen LogP contribution < -0.4 is 5.32 Å². The number of benzene rings is 1. The van der Waals surface area contributed by atoms with E-state index in [0.717, 1.165) is 23.5 Å².